The van der Waals surface area contributed by atoms with Gasteiger partial charge in [0.05, 0.1) is 18.4 Å². The average Bonchev–Trinajstić information content (AvgIpc) is 3.09. The monoisotopic (exact) mass is 357 g/mol. The minimum Gasteiger partial charge on any atom is -0.465 e. The molecule has 0 aliphatic heterocycles. The summed E-state index contributed by atoms with van der Waals surface area (Å²) < 4.78 is 17.8. The quantitative estimate of drug-likeness (QED) is 0.724. The Morgan fingerprint density at radius 1 is 1.24 bits per heavy atom. The van der Waals surface area contributed by atoms with Crippen LogP contribution < -0.4 is 5.32 Å². The Morgan fingerprint density at radius 2 is 2.08 bits per heavy atom. The van der Waals surface area contributed by atoms with Crippen molar-refractivity contribution in [1.82, 2.24) is 9.97 Å². The summed E-state index contributed by atoms with van der Waals surface area (Å²) in [6, 6.07) is 8.91. The third kappa shape index (κ3) is 3.86. The molecule has 2 heterocycles. The van der Waals surface area contributed by atoms with Crippen molar-refractivity contribution in [2.45, 2.75) is 0 Å². The molecule has 2 aromatic heterocycles. The number of ether oxygens (including phenoxy) is 1. The van der Waals surface area contributed by atoms with Crippen molar-refractivity contribution in [2.75, 3.05) is 12.4 Å². The van der Waals surface area contributed by atoms with E-state index in [1.165, 1.54) is 48.9 Å². The van der Waals surface area contributed by atoms with E-state index in [0.29, 0.717) is 16.4 Å². The van der Waals surface area contributed by atoms with Crippen LogP contribution in [-0.2, 0) is 4.74 Å². The number of rotatable bonds is 4. The molecule has 3 aromatic rings. The maximum atomic E-state index is 13.3. The standard InChI is InChI=1S/C17H12FN3O3S/c1-24-16(23)11-5-6-13(19-8-11)15(22)21-17-20-14(9-25-17)10-3-2-4-12(18)7-10/h2-9H,1H3,(H,20,21,22). The Bertz CT molecular complexity index is 925. The molecule has 0 fully saturated rings. The largest absolute Gasteiger partial charge is 0.465 e. The van der Waals surface area contributed by atoms with Gasteiger partial charge in [-0.25, -0.2) is 14.2 Å². The van der Waals surface area contributed by atoms with Crippen molar-refractivity contribution in [3.05, 3.63) is 65.0 Å². The summed E-state index contributed by atoms with van der Waals surface area (Å²) >= 11 is 1.22. The number of anilines is 1. The van der Waals surface area contributed by atoms with Crippen molar-refractivity contribution in [1.29, 1.82) is 0 Å². The highest BCUT2D eigenvalue weighted by atomic mass is 32.1. The number of benzene rings is 1. The second-order valence-electron chi connectivity index (χ2n) is 4.93. The van der Waals surface area contributed by atoms with Crippen LogP contribution in [0.4, 0.5) is 9.52 Å². The lowest BCUT2D eigenvalue weighted by Crippen LogP contribution is -2.14. The van der Waals surface area contributed by atoms with Gasteiger partial charge in [-0.15, -0.1) is 11.3 Å². The van der Waals surface area contributed by atoms with Gasteiger partial charge in [-0.05, 0) is 24.3 Å². The second-order valence-corrected chi connectivity index (χ2v) is 5.78. The maximum Gasteiger partial charge on any atom is 0.339 e. The van der Waals surface area contributed by atoms with E-state index in [0.717, 1.165) is 0 Å². The Hall–Kier alpha value is -3.13. The van der Waals surface area contributed by atoms with Crippen LogP contribution in [0.1, 0.15) is 20.8 Å². The number of pyridine rings is 1. The minimum atomic E-state index is -0.529. The molecule has 0 atom stereocenters. The first-order valence-corrected chi connectivity index (χ1v) is 8.02. The number of thiazole rings is 1. The van der Waals surface area contributed by atoms with E-state index >= 15 is 0 Å². The summed E-state index contributed by atoms with van der Waals surface area (Å²) in [4.78, 5) is 31.7. The maximum absolute atomic E-state index is 13.3. The predicted octanol–water partition coefficient (Wildman–Crippen LogP) is 3.38. The molecule has 0 spiro atoms. The van der Waals surface area contributed by atoms with E-state index in [-0.39, 0.29) is 17.1 Å². The number of carbonyl (C=O) groups excluding carboxylic acids is 2. The molecule has 0 unspecified atom stereocenters. The van der Waals surface area contributed by atoms with Gasteiger partial charge < -0.3 is 4.74 Å². The van der Waals surface area contributed by atoms with Crippen molar-refractivity contribution < 1.29 is 18.7 Å². The van der Waals surface area contributed by atoms with E-state index in [9.17, 15) is 14.0 Å². The number of aromatic nitrogens is 2. The fourth-order valence-corrected chi connectivity index (χ4v) is 2.75. The molecule has 1 amide bonds. The zero-order valence-electron chi connectivity index (χ0n) is 13.0. The molecule has 8 heteroatoms. The Morgan fingerprint density at radius 3 is 2.76 bits per heavy atom. The van der Waals surface area contributed by atoms with Gasteiger partial charge in [-0.1, -0.05) is 12.1 Å². The van der Waals surface area contributed by atoms with Gasteiger partial charge in [-0.2, -0.15) is 0 Å². The first kappa shape index (κ1) is 16.7. The number of nitrogens with one attached hydrogen (secondary N) is 1. The van der Waals surface area contributed by atoms with Crippen LogP contribution in [0, 0.1) is 5.82 Å². The fraction of sp³-hybridized carbons (Fsp3) is 0.0588. The molecule has 0 radical (unpaired) electrons. The Labute approximate surface area is 146 Å². The molecule has 0 saturated heterocycles. The number of halogens is 1. The van der Waals surface area contributed by atoms with Gasteiger partial charge in [0.25, 0.3) is 5.91 Å². The van der Waals surface area contributed by atoms with Crippen LogP contribution in [0.2, 0.25) is 0 Å². The zero-order chi connectivity index (χ0) is 17.8. The molecular formula is C17H12FN3O3S. The number of amides is 1. The van der Waals surface area contributed by atoms with E-state index in [1.807, 2.05) is 0 Å². The molecule has 0 bridgehead atoms. The molecule has 3 rings (SSSR count). The lowest BCUT2D eigenvalue weighted by molar-refractivity contribution is 0.0600. The topological polar surface area (TPSA) is 81.2 Å². The lowest BCUT2D eigenvalue weighted by Gasteiger charge is -2.02. The summed E-state index contributed by atoms with van der Waals surface area (Å²) in [6.07, 6.45) is 1.26. The fourth-order valence-electron chi connectivity index (χ4n) is 2.04. The number of hydrogen-bond acceptors (Lipinski definition) is 6. The van der Waals surface area contributed by atoms with Crippen LogP contribution in [-0.4, -0.2) is 29.0 Å². The van der Waals surface area contributed by atoms with Gasteiger partial charge in [0.15, 0.2) is 5.13 Å². The molecule has 25 heavy (non-hydrogen) atoms. The molecule has 1 aromatic carbocycles. The summed E-state index contributed by atoms with van der Waals surface area (Å²) in [5.74, 6) is -1.35. The molecule has 126 valence electrons. The van der Waals surface area contributed by atoms with E-state index in [2.05, 4.69) is 20.0 Å². The summed E-state index contributed by atoms with van der Waals surface area (Å²) in [7, 11) is 1.27. The van der Waals surface area contributed by atoms with Gasteiger partial charge in [0.2, 0.25) is 0 Å². The van der Waals surface area contributed by atoms with E-state index in [4.69, 9.17) is 0 Å². The summed E-state index contributed by atoms with van der Waals surface area (Å²) in [5.41, 5.74) is 1.57. The van der Waals surface area contributed by atoms with Crippen molar-refractivity contribution in [2.24, 2.45) is 0 Å². The van der Waals surface area contributed by atoms with E-state index in [1.54, 1.807) is 17.5 Å². The third-order valence-corrected chi connectivity index (χ3v) is 4.02. The lowest BCUT2D eigenvalue weighted by atomic mass is 10.2. The third-order valence-electron chi connectivity index (χ3n) is 3.26. The summed E-state index contributed by atoms with van der Waals surface area (Å²) in [5, 5.41) is 4.71. The number of carbonyl (C=O) groups is 2. The number of hydrogen-bond donors (Lipinski definition) is 1. The average molecular weight is 357 g/mol. The highest BCUT2D eigenvalue weighted by molar-refractivity contribution is 7.14. The zero-order valence-corrected chi connectivity index (χ0v) is 13.8. The SMILES string of the molecule is COC(=O)c1ccc(C(=O)Nc2nc(-c3cccc(F)c3)cs2)nc1. The number of methoxy groups -OCH3 is 1. The minimum absolute atomic E-state index is 0.134. The van der Waals surface area contributed by atoms with Crippen molar-refractivity contribution in [3.8, 4) is 11.3 Å². The van der Waals surface area contributed by atoms with Gasteiger partial charge in [0, 0.05) is 17.1 Å². The molecule has 0 saturated carbocycles. The van der Waals surface area contributed by atoms with Crippen LogP contribution >= 0.6 is 11.3 Å². The van der Waals surface area contributed by atoms with Crippen LogP contribution in [0.5, 0.6) is 0 Å². The predicted molar refractivity (Wildman–Crippen MR) is 91.0 cm³/mol. The molecular weight excluding hydrogens is 345 g/mol. The first-order valence-electron chi connectivity index (χ1n) is 7.14. The van der Waals surface area contributed by atoms with Gasteiger partial charge >= 0.3 is 5.97 Å². The normalized spacial score (nSPS) is 10.3. The van der Waals surface area contributed by atoms with Crippen molar-refractivity contribution >= 4 is 28.3 Å². The number of esters is 1. The van der Waals surface area contributed by atoms with Gasteiger partial charge in [-0.3, -0.25) is 15.1 Å². The van der Waals surface area contributed by atoms with Crippen molar-refractivity contribution in [3.63, 3.8) is 0 Å². The highest BCUT2D eigenvalue weighted by Gasteiger charge is 2.13. The first-order chi connectivity index (χ1) is 12.1. The van der Waals surface area contributed by atoms with Crippen LogP contribution in [0.25, 0.3) is 11.3 Å². The van der Waals surface area contributed by atoms with Crippen LogP contribution in [0.15, 0.2) is 48.0 Å². The molecule has 1 N–H and O–H groups in total. The smallest absolute Gasteiger partial charge is 0.339 e. The van der Waals surface area contributed by atoms with Gasteiger partial charge in [0.1, 0.15) is 11.5 Å². The molecule has 6 nitrogen and oxygen atoms in total. The Kier molecular flexibility index (Phi) is 4.80. The molecule has 0 aliphatic rings. The molecule has 0 aliphatic carbocycles. The number of nitrogens with zero attached hydrogens (tertiary/aromatic N) is 2. The Balaban J connectivity index is 1.72. The van der Waals surface area contributed by atoms with Crippen LogP contribution in [0.3, 0.4) is 0 Å². The second kappa shape index (κ2) is 7.18. The van der Waals surface area contributed by atoms with E-state index < -0.39 is 11.9 Å². The summed E-state index contributed by atoms with van der Waals surface area (Å²) in [6.45, 7) is 0. The highest BCUT2D eigenvalue weighted by Crippen LogP contribution is 2.25.